The number of rotatable bonds is 7. The number of carboxylic acid groups (broad SMARTS) is 1. The van der Waals surface area contributed by atoms with Crippen molar-refractivity contribution >= 4 is 11.9 Å². The Balaban J connectivity index is 2.13. The van der Waals surface area contributed by atoms with E-state index in [1.807, 2.05) is 0 Å². The van der Waals surface area contributed by atoms with E-state index in [1.54, 1.807) is 6.92 Å². The molecule has 0 aliphatic heterocycles. The number of methoxy groups -OCH3 is 1. The molecule has 5 nitrogen and oxygen atoms in total. The van der Waals surface area contributed by atoms with Crippen molar-refractivity contribution in [2.24, 2.45) is 0 Å². The number of aliphatic carboxylic acids is 1. The number of benzene rings is 2. The van der Waals surface area contributed by atoms with Crippen molar-refractivity contribution in [3.05, 3.63) is 65.0 Å². The van der Waals surface area contributed by atoms with Crippen molar-refractivity contribution in [1.82, 2.24) is 5.32 Å². The Hall–Kier alpha value is -3.03. The van der Waals surface area contributed by atoms with Crippen LogP contribution >= 0.6 is 0 Å². The molecule has 0 saturated heterocycles. The third-order valence-electron chi connectivity index (χ3n) is 4.05. The lowest BCUT2D eigenvalue weighted by Crippen LogP contribution is -2.34. The maximum absolute atomic E-state index is 13.8. The summed E-state index contributed by atoms with van der Waals surface area (Å²) in [6, 6.07) is 5.07. The maximum atomic E-state index is 13.8. The van der Waals surface area contributed by atoms with Crippen molar-refractivity contribution < 1.29 is 32.6 Å². The normalized spacial score (nSPS) is 12.9. The number of ether oxygens (including phenoxy) is 1. The molecule has 2 aromatic rings. The Morgan fingerprint density at radius 3 is 2.37 bits per heavy atom. The number of halogens is 3. The van der Waals surface area contributed by atoms with Crippen molar-refractivity contribution in [3.8, 4) is 5.75 Å². The van der Waals surface area contributed by atoms with Gasteiger partial charge in [-0.3, -0.25) is 4.79 Å². The van der Waals surface area contributed by atoms with Gasteiger partial charge in [-0.05, 0) is 35.2 Å². The molecule has 0 saturated carbocycles. The molecule has 0 aliphatic carbocycles. The van der Waals surface area contributed by atoms with Gasteiger partial charge in [0, 0.05) is 12.5 Å². The highest BCUT2D eigenvalue weighted by atomic mass is 19.1. The van der Waals surface area contributed by atoms with E-state index < -0.39 is 41.3 Å². The maximum Gasteiger partial charge on any atom is 0.330 e. The summed E-state index contributed by atoms with van der Waals surface area (Å²) >= 11 is 0. The second kappa shape index (κ2) is 8.57. The summed E-state index contributed by atoms with van der Waals surface area (Å²) in [4.78, 5) is 23.7. The summed E-state index contributed by atoms with van der Waals surface area (Å²) in [5, 5.41) is 11.6. The highest BCUT2D eigenvalue weighted by Crippen LogP contribution is 2.25. The molecule has 0 radical (unpaired) electrons. The SMILES string of the molecule is COc1ccc(C(NC(=O)CC(C)c2ccc(F)cc2F)C(=O)O)cc1F. The Morgan fingerprint density at radius 2 is 1.81 bits per heavy atom. The summed E-state index contributed by atoms with van der Waals surface area (Å²) in [6.07, 6.45) is -0.231. The van der Waals surface area contributed by atoms with Crippen LogP contribution in [0.15, 0.2) is 36.4 Å². The van der Waals surface area contributed by atoms with Crippen LogP contribution in [0.3, 0.4) is 0 Å². The predicted molar refractivity (Wildman–Crippen MR) is 90.9 cm³/mol. The van der Waals surface area contributed by atoms with Crippen LogP contribution in [0.25, 0.3) is 0 Å². The summed E-state index contributed by atoms with van der Waals surface area (Å²) < 4.78 is 45.4. The van der Waals surface area contributed by atoms with E-state index in [0.717, 1.165) is 12.1 Å². The average Bonchev–Trinajstić information content (AvgIpc) is 2.59. The van der Waals surface area contributed by atoms with Gasteiger partial charge in [-0.25, -0.2) is 18.0 Å². The lowest BCUT2D eigenvalue weighted by Gasteiger charge is -2.18. The highest BCUT2D eigenvalue weighted by molar-refractivity contribution is 5.85. The molecule has 0 aliphatic rings. The molecule has 0 bridgehead atoms. The van der Waals surface area contributed by atoms with Crippen LogP contribution in [0.1, 0.15) is 36.4 Å². The molecule has 2 aromatic carbocycles. The van der Waals surface area contributed by atoms with E-state index in [9.17, 15) is 27.9 Å². The number of hydrogen-bond acceptors (Lipinski definition) is 3. The zero-order valence-corrected chi connectivity index (χ0v) is 14.6. The van der Waals surface area contributed by atoms with Gasteiger partial charge in [0.25, 0.3) is 0 Å². The monoisotopic (exact) mass is 381 g/mol. The molecule has 2 rings (SSSR count). The molecule has 1 amide bonds. The topological polar surface area (TPSA) is 75.6 Å². The molecule has 27 heavy (non-hydrogen) atoms. The Bertz CT molecular complexity index is 857. The highest BCUT2D eigenvalue weighted by Gasteiger charge is 2.25. The number of nitrogens with one attached hydrogen (secondary N) is 1. The van der Waals surface area contributed by atoms with Crippen LogP contribution in [0.4, 0.5) is 13.2 Å². The van der Waals surface area contributed by atoms with E-state index in [-0.39, 0.29) is 23.3 Å². The second-order valence-electron chi connectivity index (χ2n) is 6.00. The van der Waals surface area contributed by atoms with E-state index in [0.29, 0.717) is 6.07 Å². The molecule has 0 fully saturated rings. The molecule has 2 unspecified atom stereocenters. The van der Waals surface area contributed by atoms with Crippen LogP contribution in [-0.2, 0) is 9.59 Å². The first-order valence-electron chi connectivity index (χ1n) is 8.03. The largest absolute Gasteiger partial charge is 0.494 e. The van der Waals surface area contributed by atoms with E-state index in [4.69, 9.17) is 4.74 Å². The first-order valence-corrected chi connectivity index (χ1v) is 8.03. The molecule has 8 heteroatoms. The van der Waals surface area contributed by atoms with Gasteiger partial charge >= 0.3 is 5.97 Å². The van der Waals surface area contributed by atoms with Crippen molar-refractivity contribution in [2.75, 3.05) is 7.11 Å². The van der Waals surface area contributed by atoms with E-state index >= 15 is 0 Å². The van der Waals surface area contributed by atoms with Crippen LogP contribution < -0.4 is 10.1 Å². The van der Waals surface area contributed by atoms with Crippen LogP contribution in [-0.4, -0.2) is 24.1 Å². The number of carbonyl (C=O) groups excluding carboxylic acids is 1. The van der Waals surface area contributed by atoms with E-state index in [1.165, 1.54) is 25.3 Å². The van der Waals surface area contributed by atoms with Gasteiger partial charge in [-0.15, -0.1) is 0 Å². The molecule has 2 N–H and O–H groups in total. The lowest BCUT2D eigenvalue weighted by atomic mass is 9.96. The Kier molecular flexibility index (Phi) is 6.44. The minimum absolute atomic E-state index is 0.0229. The van der Waals surface area contributed by atoms with Crippen LogP contribution in [0, 0.1) is 17.5 Å². The number of amides is 1. The van der Waals surface area contributed by atoms with Crippen molar-refractivity contribution in [2.45, 2.75) is 25.3 Å². The molecular weight excluding hydrogens is 363 g/mol. The molecule has 0 aromatic heterocycles. The quantitative estimate of drug-likeness (QED) is 0.769. The van der Waals surface area contributed by atoms with E-state index in [2.05, 4.69) is 5.32 Å². The molecule has 144 valence electrons. The number of hydrogen-bond donors (Lipinski definition) is 2. The summed E-state index contributed by atoms with van der Waals surface area (Å²) in [7, 11) is 1.27. The van der Waals surface area contributed by atoms with Crippen LogP contribution in [0.5, 0.6) is 5.75 Å². The molecular formula is C19H18F3NO4. The smallest absolute Gasteiger partial charge is 0.330 e. The zero-order valence-electron chi connectivity index (χ0n) is 14.6. The van der Waals surface area contributed by atoms with Gasteiger partial charge in [0.1, 0.15) is 11.6 Å². The van der Waals surface area contributed by atoms with Crippen molar-refractivity contribution in [1.29, 1.82) is 0 Å². The fourth-order valence-electron chi connectivity index (χ4n) is 2.66. The summed E-state index contributed by atoms with van der Waals surface area (Å²) in [5.74, 6) is -5.02. The predicted octanol–water partition coefficient (Wildman–Crippen LogP) is 3.55. The summed E-state index contributed by atoms with van der Waals surface area (Å²) in [6.45, 7) is 1.55. The minimum Gasteiger partial charge on any atom is -0.494 e. The van der Waals surface area contributed by atoms with Crippen LogP contribution in [0.2, 0.25) is 0 Å². The molecule has 2 atom stereocenters. The number of carbonyl (C=O) groups is 2. The Labute approximate surface area is 153 Å². The second-order valence-corrected chi connectivity index (χ2v) is 6.00. The minimum atomic E-state index is -1.48. The van der Waals surface area contributed by atoms with Gasteiger partial charge in [-0.2, -0.15) is 0 Å². The first kappa shape index (κ1) is 20.3. The summed E-state index contributed by atoms with van der Waals surface area (Å²) in [5.41, 5.74) is 0.156. The lowest BCUT2D eigenvalue weighted by molar-refractivity contribution is -0.142. The fraction of sp³-hybridized carbons (Fsp3) is 0.263. The molecule has 0 heterocycles. The third kappa shape index (κ3) is 4.99. The standard InChI is InChI=1S/C19H18F3NO4/c1-10(13-5-4-12(20)9-14(13)21)7-17(24)23-18(19(25)26)11-3-6-16(27-2)15(22)8-11/h3-6,8-10,18H,7H2,1-2H3,(H,23,24)(H,25,26). The van der Waals surface area contributed by atoms with Gasteiger partial charge < -0.3 is 15.2 Å². The Morgan fingerprint density at radius 1 is 1.11 bits per heavy atom. The number of carboxylic acids is 1. The molecule has 0 spiro atoms. The van der Waals surface area contributed by atoms with Gasteiger partial charge in [0.15, 0.2) is 17.6 Å². The first-order chi connectivity index (χ1) is 12.7. The van der Waals surface area contributed by atoms with Gasteiger partial charge in [0.05, 0.1) is 7.11 Å². The fourth-order valence-corrected chi connectivity index (χ4v) is 2.66. The average molecular weight is 381 g/mol. The van der Waals surface area contributed by atoms with Crippen molar-refractivity contribution in [3.63, 3.8) is 0 Å². The third-order valence-corrected chi connectivity index (χ3v) is 4.05. The van der Waals surface area contributed by atoms with Gasteiger partial charge in [0.2, 0.25) is 5.91 Å². The zero-order chi connectivity index (χ0) is 20.1. The van der Waals surface area contributed by atoms with Gasteiger partial charge in [-0.1, -0.05) is 19.1 Å².